The van der Waals surface area contributed by atoms with Crippen LogP contribution in [0.25, 0.3) is 6.08 Å². The quantitative estimate of drug-likeness (QED) is 0.509. The van der Waals surface area contributed by atoms with E-state index >= 15 is 0 Å². The van der Waals surface area contributed by atoms with Crippen LogP contribution in [0.15, 0.2) is 63.5 Å². The highest BCUT2D eigenvalue weighted by Crippen LogP contribution is 2.33. The number of hydrogen-bond donors (Lipinski definition) is 0. The molecule has 0 N–H and O–H groups in total. The van der Waals surface area contributed by atoms with Gasteiger partial charge in [0.25, 0.3) is 5.56 Å². The first kappa shape index (κ1) is 23.5. The number of thiazole rings is 1. The fourth-order valence-electron chi connectivity index (χ4n) is 3.97. The molecule has 1 atom stereocenters. The van der Waals surface area contributed by atoms with Crippen LogP contribution in [0.5, 0.6) is 11.5 Å². The Kier molecular flexibility index (Phi) is 6.70. The molecule has 0 bridgehead atoms. The molecule has 7 nitrogen and oxygen atoms in total. The van der Waals surface area contributed by atoms with E-state index in [-0.39, 0.29) is 12.2 Å². The minimum atomic E-state index is -0.678. The standard InChI is InChI=1S/C26H26N2O5S/c1-6-33-25(30)22-16(3)27-26-28(23(22)18-10-7-15(2)20(14-18)32-5)24(29)21(34-26)13-17-8-11-19(31-4)12-9-17/h7-14,23H,6H2,1-5H3/t23-/m0/s1. The predicted octanol–water partition coefficient (Wildman–Crippen LogP) is 3.12. The summed E-state index contributed by atoms with van der Waals surface area (Å²) in [5.74, 6) is 0.926. The molecule has 1 aliphatic heterocycles. The first-order valence-electron chi connectivity index (χ1n) is 10.9. The smallest absolute Gasteiger partial charge is 0.338 e. The average Bonchev–Trinajstić information content (AvgIpc) is 3.13. The van der Waals surface area contributed by atoms with Gasteiger partial charge in [0.2, 0.25) is 0 Å². The van der Waals surface area contributed by atoms with Gasteiger partial charge in [-0.3, -0.25) is 9.36 Å². The summed E-state index contributed by atoms with van der Waals surface area (Å²) in [6.45, 7) is 5.69. The third-order valence-corrected chi connectivity index (χ3v) is 6.66. The second kappa shape index (κ2) is 9.69. The van der Waals surface area contributed by atoms with E-state index in [1.54, 1.807) is 32.6 Å². The molecular formula is C26H26N2O5S. The average molecular weight is 479 g/mol. The number of methoxy groups -OCH3 is 2. The van der Waals surface area contributed by atoms with Gasteiger partial charge in [0.05, 0.1) is 42.7 Å². The molecule has 8 heteroatoms. The molecule has 0 aliphatic carbocycles. The summed E-state index contributed by atoms with van der Waals surface area (Å²) in [5, 5.41) is 0. The number of benzene rings is 2. The van der Waals surface area contributed by atoms with E-state index < -0.39 is 12.0 Å². The van der Waals surface area contributed by atoms with Gasteiger partial charge in [0.15, 0.2) is 4.80 Å². The van der Waals surface area contributed by atoms with Crippen LogP contribution in [0, 0.1) is 6.92 Å². The lowest BCUT2D eigenvalue weighted by atomic mass is 9.95. The number of carbonyl (C=O) groups excluding carboxylic acids is 1. The first-order valence-corrected chi connectivity index (χ1v) is 11.7. The second-order valence-electron chi connectivity index (χ2n) is 7.80. The van der Waals surface area contributed by atoms with Gasteiger partial charge in [0, 0.05) is 0 Å². The number of ether oxygens (including phenoxy) is 3. The number of esters is 1. The summed E-state index contributed by atoms with van der Waals surface area (Å²) in [6.07, 6.45) is 1.82. The minimum absolute atomic E-state index is 0.224. The van der Waals surface area contributed by atoms with Crippen molar-refractivity contribution in [3.05, 3.63) is 90.1 Å². The van der Waals surface area contributed by atoms with Gasteiger partial charge in [-0.05, 0) is 61.7 Å². The number of carbonyl (C=O) groups is 1. The van der Waals surface area contributed by atoms with Crippen LogP contribution in [0.4, 0.5) is 0 Å². The van der Waals surface area contributed by atoms with Crippen LogP contribution in [-0.2, 0) is 9.53 Å². The van der Waals surface area contributed by atoms with E-state index in [0.29, 0.717) is 26.4 Å². The van der Waals surface area contributed by atoms with Crippen molar-refractivity contribution in [2.45, 2.75) is 26.8 Å². The lowest BCUT2D eigenvalue weighted by molar-refractivity contribution is -0.139. The van der Waals surface area contributed by atoms with Crippen LogP contribution in [0.3, 0.4) is 0 Å². The van der Waals surface area contributed by atoms with Gasteiger partial charge in [-0.1, -0.05) is 35.6 Å². The lowest BCUT2D eigenvalue weighted by Crippen LogP contribution is -2.40. The van der Waals surface area contributed by atoms with E-state index in [0.717, 1.165) is 22.4 Å². The van der Waals surface area contributed by atoms with Crippen LogP contribution in [0.1, 0.15) is 36.6 Å². The summed E-state index contributed by atoms with van der Waals surface area (Å²) in [7, 11) is 3.20. The summed E-state index contributed by atoms with van der Waals surface area (Å²) in [5.41, 5.74) is 3.21. The van der Waals surface area contributed by atoms with Gasteiger partial charge in [0.1, 0.15) is 11.5 Å². The third kappa shape index (κ3) is 4.28. The number of aromatic nitrogens is 1. The zero-order valence-corrected chi connectivity index (χ0v) is 20.6. The van der Waals surface area contributed by atoms with Gasteiger partial charge in [-0.2, -0.15) is 0 Å². The van der Waals surface area contributed by atoms with Gasteiger partial charge in [-0.15, -0.1) is 0 Å². The molecule has 2 heterocycles. The van der Waals surface area contributed by atoms with Crippen molar-refractivity contribution in [1.29, 1.82) is 0 Å². The fraction of sp³-hybridized carbons (Fsp3) is 0.269. The summed E-state index contributed by atoms with van der Waals surface area (Å²) in [6, 6.07) is 12.5. The highest BCUT2D eigenvalue weighted by Gasteiger charge is 2.33. The van der Waals surface area contributed by atoms with Gasteiger partial charge >= 0.3 is 5.97 Å². The van der Waals surface area contributed by atoms with E-state index in [2.05, 4.69) is 4.99 Å². The number of rotatable bonds is 6. The van der Waals surface area contributed by atoms with E-state index in [4.69, 9.17) is 14.2 Å². The maximum atomic E-state index is 13.6. The molecule has 4 rings (SSSR count). The highest BCUT2D eigenvalue weighted by atomic mass is 32.1. The normalized spacial score (nSPS) is 15.6. The number of hydrogen-bond acceptors (Lipinski definition) is 7. The zero-order valence-electron chi connectivity index (χ0n) is 19.7. The Balaban J connectivity index is 1.94. The van der Waals surface area contributed by atoms with E-state index in [1.807, 2.05) is 55.5 Å². The van der Waals surface area contributed by atoms with Crippen molar-refractivity contribution in [2.24, 2.45) is 4.99 Å². The zero-order chi connectivity index (χ0) is 24.4. The van der Waals surface area contributed by atoms with Crippen LogP contribution in [-0.4, -0.2) is 31.4 Å². The van der Waals surface area contributed by atoms with Crippen molar-refractivity contribution in [2.75, 3.05) is 20.8 Å². The van der Waals surface area contributed by atoms with E-state index in [9.17, 15) is 9.59 Å². The Hall–Kier alpha value is -3.65. The maximum Gasteiger partial charge on any atom is 0.338 e. The van der Waals surface area contributed by atoms with Crippen LogP contribution < -0.4 is 24.4 Å². The SMILES string of the molecule is CCOC(=O)C1=C(C)N=c2sc(=Cc3ccc(OC)cc3)c(=O)n2[C@H]1c1ccc(C)c(OC)c1. The van der Waals surface area contributed by atoms with Crippen LogP contribution >= 0.6 is 11.3 Å². The Labute approximate surface area is 201 Å². The number of fused-ring (bicyclic) bond motifs is 1. The maximum absolute atomic E-state index is 13.6. The molecule has 0 saturated carbocycles. The molecule has 176 valence electrons. The Morgan fingerprint density at radius 2 is 1.85 bits per heavy atom. The third-order valence-electron chi connectivity index (χ3n) is 5.68. The number of nitrogens with zero attached hydrogens (tertiary/aromatic N) is 2. The Morgan fingerprint density at radius 3 is 2.50 bits per heavy atom. The van der Waals surface area contributed by atoms with Crippen molar-refractivity contribution >= 4 is 23.4 Å². The first-order chi connectivity index (χ1) is 16.4. The highest BCUT2D eigenvalue weighted by molar-refractivity contribution is 7.07. The monoisotopic (exact) mass is 478 g/mol. The van der Waals surface area contributed by atoms with Crippen molar-refractivity contribution in [1.82, 2.24) is 4.57 Å². The van der Waals surface area contributed by atoms with Gasteiger partial charge < -0.3 is 14.2 Å². The molecule has 2 aromatic carbocycles. The molecule has 0 fully saturated rings. The molecule has 0 amide bonds. The van der Waals surface area contributed by atoms with Crippen molar-refractivity contribution in [3.8, 4) is 11.5 Å². The summed E-state index contributed by atoms with van der Waals surface area (Å²) < 4.78 is 18.2. The Bertz CT molecular complexity index is 1450. The molecule has 0 radical (unpaired) electrons. The topological polar surface area (TPSA) is 79.1 Å². The van der Waals surface area contributed by atoms with Crippen molar-refractivity contribution in [3.63, 3.8) is 0 Å². The fourth-order valence-corrected chi connectivity index (χ4v) is 5.01. The second-order valence-corrected chi connectivity index (χ2v) is 8.81. The lowest BCUT2D eigenvalue weighted by Gasteiger charge is -2.25. The Morgan fingerprint density at radius 1 is 1.12 bits per heavy atom. The molecule has 0 spiro atoms. The van der Waals surface area contributed by atoms with Gasteiger partial charge in [-0.25, -0.2) is 9.79 Å². The summed E-state index contributed by atoms with van der Waals surface area (Å²) >= 11 is 1.29. The largest absolute Gasteiger partial charge is 0.497 e. The molecule has 34 heavy (non-hydrogen) atoms. The predicted molar refractivity (Wildman–Crippen MR) is 131 cm³/mol. The number of aryl methyl sites for hydroxylation is 1. The minimum Gasteiger partial charge on any atom is -0.497 e. The van der Waals surface area contributed by atoms with E-state index in [1.165, 1.54) is 11.3 Å². The molecule has 3 aromatic rings. The molecule has 0 unspecified atom stereocenters. The van der Waals surface area contributed by atoms with Crippen molar-refractivity contribution < 1.29 is 19.0 Å². The van der Waals surface area contributed by atoms with Crippen LogP contribution in [0.2, 0.25) is 0 Å². The molecular weight excluding hydrogens is 452 g/mol. The molecule has 1 aliphatic rings. The summed E-state index contributed by atoms with van der Waals surface area (Å²) in [4.78, 5) is 31.8. The molecule has 1 aromatic heterocycles. The number of allylic oxidation sites excluding steroid dienone is 1. The molecule has 0 saturated heterocycles.